The maximum atomic E-state index is 14.7. The molecule has 6 nitrogen and oxygen atoms in total. The molecule has 1 aliphatic rings. The molecule has 7 heteroatoms. The Kier molecular flexibility index (Phi) is 5.17. The molecule has 1 unspecified atom stereocenters. The minimum Gasteiger partial charge on any atom is -0.378 e. The van der Waals surface area contributed by atoms with Crippen LogP contribution >= 0.6 is 0 Å². The molecule has 3 heterocycles. The van der Waals surface area contributed by atoms with Gasteiger partial charge in [0.2, 0.25) is 0 Å². The minimum atomic E-state index is -0.920. The van der Waals surface area contributed by atoms with Gasteiger partial charge >= 0.3 is 0 Å². The number of benzene rings is 1. The summed E-state index contributed by atoms with van der Waals surface area (Å²) in [4.78, 5) is 2.21. The molecule has 0 saturated carbocycles. The number of rotatable bonds is 6. The molecule has 0 radical (unpaired) electrons. The fraction of sp³-hybridized carbons (Fsp3) is 0.429. The predicted octanol–water partition coefficient (Wildman–Crippen LogP) is 3.58. The highest BCUT2D eigenvalue weighted by atomic mass is 19.1. The summed E-state index contributed by atoms with van der Waals surface area (Å²) < 4.78 is 14.7. The van der Waals surface area contributed by atoms with Gasteiger partial charge in [0.15, 0.2) is 0 Å². The van der Waals surface area contributed by atoms with Crippen LogP contribution in [0.1, 0.15) is 26.0 Å². The summed E-state index contributed by atoms with van der Waals surface area (Å²) >= 11 is 0. The third-order valence-electron chi connectivity index (χ3n) is 5.29. The van der Waals surface area contributed by atoms with Crippen LogP contribution < -0.4 is 5.32 Å². The standard InChI is InChI=1S/C21H27FN6/c1-13(2)11-28-7-6-20(18(22)12-28)25-14(3)21-17-8-15(16-9-23-24-10-16)4-5-19(17)26-27-21/h4-5,8-10,13,18,20,25H,3,6-7,11-12H2,1-2H3,(H,23,24)(H,26,27)/t18-,20?/m0/s1. The maximum Gasteiger partial charge on any atom is 0.133 e. The number of nitrogens with one attached hydrogen (secondary N) is 3. The van der Waals surface area contributed by atoms with Crippen LogP contribution in [0.25, 0.3) is 27.7 Å². The van der Waals surface area contributed by atoms with Gasteiger partial charge in [-0.05, 0) is 30.0 Å². The Hall–Kier alpha value is -2.67. The Morgan fingerprint density at radius 3 is 2.96 bits per heavy atom. The van der Waals surface area contributed by atoms with Crippen LogP contribution in [-0.4, -0.2) is 57.1 Å². The van der Waals surface area contributed by atoms with Crippen molar-refractivity contribution in [3.05, 3.63) is 42.9 Å². The smallest absolute Gasteiger partial charge is 0.133 e. The highest BCUT2D eigenvalue weighted by Crippen LogP contribution is 2.27. The quantitative estimate of drug-likeness (QED) is 0.609. The van der Waals surface area contributed by atoms with E-state index in [1.165, 1.54) is 0 Å². The second-order valence-corrected chi connectivity index (χ2v) is 8.01. The normalized spacial score (nSPS) is 20.7. The van der Waals surface area contributed by atoms with Gasteiger partial charge in [0, 0.05) is 36.8 Å². The van der Waals surface area contributed by atoms with Crippen molar-refractivity contribution in [3.8, 4) is 11.1 Å². The Balaban J connectivity index is 1.49. The second-order valence-electron chi connectivity index (χ2n) is 8.01. The van der Waals surface area contributed by atoms with E-state index in [1.54, 1.807) is 6.20 Å². The number of hydrogen-bond donors (Lipinski definition) is 3. The summed E-state index contributed by atoms with van der Waals surface area (Å²) in [5.74, 6) is 0.548. The molecule has 1 aliphatic heterocycles. The third-order valence-corrected chi connectivity index (χ3v) is 5.29. The van der Waals surface area contributed by atoms with E-state index in [1.807, 2.05) is 18.3 Å². The molecule has 3 aromatic rings. The number of hydrogen-bond acceptors (Lipinski definition) is 4. The fourth-order valence-electron chi connectivity index (χ4n) is 3.94. The van der Waals surface area contributed by atoms with E-state index < -0.39 is 6.17 Å². The SMILES string of the molecule is C=C(NC1CCN(CC(C)C)C[C@@H]1F)c1n[nH]c2ccc(-c3cn[nH]c3)cc12. The zero-order chi connectivity index (χ0) is 19.7. The lowest BCUT2D eigenvalue weighted by molar-refractivity contribution is 0.102. The first-order valence-corrected chi connectivity index (χ1v) is 9.80. The third kappa shape index (κ3) is 3.80. The van der Waals surface area contributed by atoms with Crippen molar-refractivity contribution in [1.29, 1.82) is 0 Å². The summed E-state index contributed by atoms with van der Waals surface area (Å²) in [5.41, 5.74) is 4.36. The minimum absolute atomic E-state index is 0.236. The summed E-state index contributed by atoms with van der Waals surface area (Å²) in [6.45, 7) is 10.8. The largest absolute Gasteiger partial charge is 0.378 e. The second kappa shape index (κ2) is 7.75. The van der Waals surface area contributed by atoms with Gasteiger partial charge in [0.25, 0.3) is 0 Å². The lowest BCUT2D eigenvalue weighted by atomic mass is 10.0. The fourth-order valence-corrected chi connectivity index (χ4v) is 3.94. The molecular weight excluding hydrogens is 355 g/mol. The number of likely N-dealkylation sites (tertiary alicyclic amines) is 1. The highest BCUT2D eigenvalue weighted by Gasteiger charge is 2.30. The number of aromatic nitrogens is 4. The van der Waals surface area contributed by atoms with E-state index in [0.29, 0.717) is 18.2 Å². The first-order chi connectivity index (χ1) is 13.5. The summed E-state index contributed by atoms with van der Waals surface area (Å²) in [6, 6.07) is 5.83. The predicted molar refractivity (Wildman–Crippen MR) is 110 cm³/mol. The van der Waals surface area contributed by atoms with Crippen molar-refractivity contribution in [2.45, 2.75) is 32.5 Å². The molecule has 148 valence electrons. The number of H-pyrrole nitrogens is 2. The summed E-state index contributed by atoms with van der Waals surface area (Å²) in [6.07, 6.45) is 3.48. The van der Waals surface area contributed by atoms with Gasteiger partial charge in [-0.25, -0.2) is 4.39 Å². The van der Waals surface area contributed by atoms with Gasteiger partial charge in [0.05, 0.1) is 23.5 Å². The van der Waals surface area contributed by atoms with E-state index in [4.69, 9.17) is 0 Å². The lowest BCUT2D eigenvalue weighted by Crippen LogP contribution is -2.50. The molecule has 28 heavy (non-hydrogen) atoms. The first-order valence-electron chi connectivity index (χ1n) is 9.80. The van der Waals surface area contributed by atoms with Crippen molar-refractivity contribution >= 4 is 16.6 Å². The molecule has 1 fully saturated rings. The van der Waals surface area contributed by atoms with E-state index in [9.17, 15) is 4.39 Å². The molecular formula is C21H27FN6. The summed E-state index contributed by atoms with van der Waals surface area (Å²) in [7, 11) is 0. The van der Waals surface area contributed by atoms with Crippen LogP contribution in [-0.2, 0) is 0 Å². The average molecular weight is 382 g/mol. The molecule has 3 N–H and O–H groups in total. The van der Waals surface area contributed by atoms with Crippen molar-refractivity contribution in [3.63, 3.8) is 0 Å². The van der Waals surface area contributed by atoms with Crippen molar-refractivity contribution in [2.24, 2.45) is 5.92 Å². The van der Waals surface area contributed by atoms with Gasteiger partial charge in [-0.15, -0.1) is 0 Å². The van der Waals surface area contributed by atoms with Gasteiger partial charge in [-0.1, -0.05) is 26.5 Å². The monoisotopic (exact) mass is 382 g/mol. The van der Waals surface area contributed by atoms with Gasteiger partial charge < -0.3 is 10.2 Å². The number of fused-ring (bicyclic) bond motifs is 1. The number of aromatic amines is 2. The number of nitrogens with zero attached hydrogens (tertiary/aromatic N) is 3. The highest BCUT2D eigenvalue weighted by molar-refractivity contribution is 5.92. The Bertz CT molecular complexity index is 945. The number of alkyl halides is 1. The molecule has 0 aliphatic carbocycles. The van der Waals surface area contributed by atoms with Crippen molar-refractivity contribution < 1.29 is 4.39 Å². The van der Waals surface area contributed by atoms with Crippen molar-refractivity contribution in [1.82, 2.24) is 30.6 Å². The Labute approximate surface area is 164 Å². The Morgan fingerprint density at radius 1 is 1.39 bits per heavy atom. The molecule has 1 saturated heterocycles. The van der Waals surface area contributed by atoms with E-state index in [2.05, 4.69) is 57.1 Å². The molecule has 2 atom stereocenters. The first kappa shape index (κ1) is 18.7. The van der Waals surface area contributed by atoms with E-state index in [-0.39, 0.29) is 6.04 Å². The van der Waals surface area contributed by atoms with Crippen LogP contribution in [0.5, 0.6) is 0 Å². The molecule has 0 spiro atoms. The molecule has 0 amide bonds. The average Bonchev–Trinajstić information content (AvgIpc) is 3.32. The Morgan fingerprint density at radius 2 is 2.25 bits per heavy atom. The lowest BCUT2D eigenvalue weighted by Gasteiger charge is -2.36. The van der Waals surface area contributed by atoms with Crippen LogP contribution in [0, 0.1) is 5.92 Å². The number of halogens is 1. The van der Waals surface area contributed by atoms with Crippen LogP contribution in [0.15, 0.2) is 37.2 Å². The topological polar surface area (TPSA) is 72.6 Å². The number of piperidine rings is 1. The van der Waals surface area contributed by atoms with Gasteiger partial charge in [-0.3, -0.25) is 10.2 Å². The molecule has 1 aromatic carbocycles. The zero-order valence-electron chi connectivity index (χ0n) is 16.4. The van der Waals surface area contributed by atoms with Crippen LogP contribution in [0.4, 0.5) is 4.39 Å². The van der Waals surface area contributed by atoms with E-state index >= 15 is 0 Å². The molecule has 4 rings (SSSR count). The van der Waals surface area contributed by atoms with Gasteiger partial charge in [-0.2, -0.15) is 10.2 Å². The molecule has 0 bridgehead atoms. The van der Waals surface area contributed by atoms with Crippen molar-refractivity contribution in [2.75, 3.05) is 19.6 Å². The molecule has 2 aromatic heterocycles. The maximum absolute atomic E-state index is 14.7. The zero-order valence-corrected chi connectivity index (χ0v) is 16.4. The van der Waals surface area contributed by atoms with Crippen LogP contribution in [0.3, 0.4) is 0 Å². The summed E-state index contributed by atoms with van der Waals surface area (Å²) in [5, 5.41) is 18.6. The van der Waals surface area contributed by atoms with Gasteiger partial charge in [0.1, 0.15) is 11.9 Å². The van der Waals surface area contributed by atoms with E-state index in [0.717, 1.165) is 47.2 Å². The van der Waals surface area contributed by atoms with Crippen LogP contribution in [0.2, 0.25) is 0 Å².